The summed E-state index contributed by atoms with van der Waals surface area (Å²) in [6, 6.07) is 11.6. The molecule has 1 aliphatic rings. The Morgan fingerprint density at radius 2 is 1.84 bits per heavy atom. The molecule has 1 N–H and O–H groups in total. The van der Waals surface area contributed by atoms with Gasteiger partial charge in [-0.25, -0.2) is 0 Å². The molecule has 0 saturated carbocycles. The topological polar surface area (TPSA) is 70.1 Å². The largest absolute Gasteiger partial charge is 0.507 e. The van der Waals surface area contributed by atoms with E-state index in [-0.39, 0.29) is 11.3 Å². The summed E-state index contributed by atoms with van der Waals surface area (Å²) in [5, 5.41) is 11.7. The first-order chi connectivity index (χ1) is 15.2. The van der Waals surface area contributed by atoms with Gasteiger partial charge in [0.1, 0.15) is 11.5 Å². The summed E-state index contributed by atoms with van der Waals surface area (Å²) in [5.74, 6) is -0.775. The van der Waals surface area contributed by atoms with Crippen molar-refractivity contribution in [1.29, 1.82) is 0 Å². The number of aliphatic hydroxyl groups is 1. The van der Waals surface area contributed by atoms with E-state index in [1.165, 1.54) is 4.90 Å². The molecule has 0 unspecified atom stereocenters. The third-order valence-corrected chi connectivity index (χ3v) is 5.68. The smallest absolute Gasteiger partial charge is 0.295 e. The van der Waals surface area contributed by atoms with Crippen molar-refractivity contribution in [2.75, 3.05) is 33.8 Å². The van der Waals surface area contributed by atoms with E-state index in [4.69, 9.17) is 16.3 Å². The maximum atomic E-state index is 13.0. The summed E-state index contributed by atoms with van der Waals surface area (Å²) in [6.45, 7) is 5.44. The number of carbonyl (C=O) groups excluding carboxylic acids is 2. The number of amides is 1. The fourth-order valence-electron chi connectivity index (χ4n) is 3.74. The lowest BCUT2D eigenvalue weighted by Gasteiger charge is -2.26. The molecule has 1 atom stereocenters. The summed E-state index contributed by atoms with van der Waals surface area (Å²) < 4.78 is 5.71. The van der Waals surface area contributed by atoms with Crippen LogP contribution in [0.25, 0.3) is 5.76 Å². The SMILES string of the molecule is CCCOc1ccc(C(O)=C2C(=O)C(=O)N(CCN(C)C)[C@@H]2c2ccc(Cl)cc2)cc1C. The van der Waals surface area contributed by atoms with Crippen LogP contribution in [0, 0.1) is 6.92 Å². The van der Waals surface area contributed by atoms with Crippen molar-refractivity contribution in [3.63, 3.8) is 0 Å². The van der Waals surface area contributed by atoms with Gasteiger partial charge in [0.2, 0.25) is 0 Å². The van der Waals surface area contributed by atoms with Crippen LogP contribution in [0.15, 0.2) is 48.0 Å². The standard InChI is InChI=1S/C25H29ClN2O4/c1-5-14-32-20-11-8-18(15-16(20)2)23(29)21-22(17-6-9-19(26)10-7-17)28(13-12-27(3)4)25(31)24(21)30/h6-11,15,22,29H,5,12-14H2,1-4H3/t22-/m1/s1. The number of aryl methyl sites for hydroxylation is 1. The average molecular weight is 457 g/mol. The molecule has 32 heavy (non-hydrogen) atoms. The van der Waals surface area contributed by atoms with E-state index in [9.17, 15) is 14.7 Å². The highest BCUT2D eigenvalue weighted by Crippen LogP contribution is 2.40. The number of carbonyl (C=O) groups is 2. The first-order valence-electron chi connectivity index (χ1n) is 10.7. The number of ketones is 1. The first kappa shape index (κ1) is 23.8. The summed E-state index contributed by atoms with van der Waals surface area (Å²) in [4.78, 5) is 29.4. The maximum absolute atomic E-state index is 13.0. The molecule has 170 valence electrons. The molecule has 0 bridgehead atoms. The van der Waals surface area contributed by atoms with Crippen LogP contribution in [-0.2, 0) is 9.59 Å². The predicted octanol–water partition coefficient (Wildman–Crippen LogP) is 4.42. The number of benzene rings is 2. The van der Waals surface area contributed by atoms with Crippen molar-refractivity contribution >= 4 is 29.1 Å². The maximum Gasteiger partial charge on any atom is 0.295 e. The van der Waals surface area contributed by atoms with Gasteiger partial charge in [0.05, 0.1) is 18.2 Å². The van der Waals surface area contributed by atoms with Gasteiger partial charge in [-0.1, -0.05) is 30.7 Å². The van der Waals surface area contributed by atoms with Gasteiger partial charge >= 0.3 is 0 Å². The molecular formula is C25H29ClN2O4. The molecule has 1 fully saturated rings. The Balaban J connectivity index is 2.09. The van der Waals surface area contributed by atoms with Crippen molar-refractivity contribution in [3.05, 3.63) is 69.8 Å². The Hall–Kier alpha value is -2.83. The molecule has 1 amide bonds. The number of halogens is 1. The molecule has 0 aliphatic carbocycles. The van der Waals surface area contributed by atoms with Crippen LogP contribution in [0.3, 0.4) is 0 Å². The molecule has 2 aromatic carbocycles. The minimum Gasteiger partial charge on any atom is -0.507 e. The molecule has 2 aromatic rings. The lowest BCUT2D eigenvalue weighted by atomic mass is 9.95. The predicted molar refractivity (Wildman–Crippen MR) is 126 cm³/mol. The number of nitrogens with zero attached hydrogens (tertiary/aromatic N) is 2. The van der Waals surface area contributed by atoms with Crippen LogP contribution in [-0.4, -0.2) is 60.4 Å². The number of hydrogen-bond acceptors (Lipinski definition) is 5. The van der Waals surface area contributed by atoms with Crippen LogP contribution in [0.1, 0.15) is 36.1 Å². The highest BCUT2D eigenvalue weighted by atomic mass is 35.5. The number of Topliss-reactive ketones (excluding diaryl/α,β-unsaturated/α-hetero) is 1. The molecule has 1 heterocycles. The van der Waals surface area contributed by atoms with Gasteiger partial charge in [0.25, 0.3) is 11.7 Å². The van der Waals surface area contributed by atoms with E-state index < -0.39 is 17.7 Å². The first-order valence-corrected chi connectivity index (χ1v) is 11.0. The van der Waals surface area contributed by atoms with Crippen molar-refractivity contribution < 1.29 is 19.4 Å². The lowest BCUT2D eigenvalue weighted by Crippen LogP contribution is -2.35. The fourth-order valence-corrected chi connectivity index (χ4v) is 3.86. The zero-order chi connectivity index (χ0) is 23.4. The molecule has 7 heteroatoms. The van der Waals surface area contributed by atoms with E-state index in [0.29, 0.717) is 35.8 Å². The highest BCUT2D eigenvalue weighted by molar-refractivity contribution is 6.46. The van der Waals surface area contributed by atoms with Crippen LogP contribution < -0.4 is 4.74 Å². The Bertz CT molecular complexity index is 1030. The van der Waals surface area contributed by atoms with E-state index in [0.717, 1.165) is 17.7 Å². The van der Waals surface area contributed by atoms with Crippen LogP contribution in [0.5, 0.6) is 5.75 Å². The quantitative estimate of drug-likeness (QED) is 0.361. The molecular weight excluding hydrogens is 428 g/mol. The van der Waals surface area contributed by atoms with Crippen LogP contribution in [0.4, 0.5) is 0 Å². The molecule has 0 radical (unpaired) electrons. The number of aliphatic hydroxyl groups excluding tert-OH is 1. The number of ether oxygens (including phenoxy) is 1. The van der Waals surface area contributed by atoms with Gasteiger partial charge in [-0.2, -0.15) is 0 Å². The van der Waals surface area contributed by atoms with Gasteiger partial charge < -0.3 is 19.6 Å². The highest BCUT2D eigenvalue weighted by Gasteiger charge is 2.45. The molecule has 1 saturated heterocycles. The summed E-state index contributed by atoms with van der Waals surface area (Å²) >= 11 is 6.05. The van der Waals surface area contributed by atoms with E-state index in [2.05, 4.69) is 0 Å². The summed E-state index contributed by atoms with van der Waals surface area (Å²) in [7, 11) is 3.80. The van der Waals surface area contributed by atoms with Gasteiger partial charge in [-0.05, 0) is 68.9 Å². The van der Waals surface area contributed by atoms with Gasteiger partial charge in [-0.3, -0.25) is 9.59 Å². The summed E-state index contributed by atoms with van der Waals surface area (Å²) in [6.07, 6.45) is 0.888. The van der Waals surface area contributed by atoms with Crippen molar-refractivity contribution in [2.24, 2.45) is 0 Å². The number of likely N-dealkylation sites (tertiary alicyclic amines) is 1. The van der Waals surface area contributed by atoms with Gasteiger partial charge in [0, 0.05) is 23.7 Å². The Kier molecular flexibility index (Phi) is 7.59. The minimum absolute atomic E-state index is 0.0812. The van der Waals surface area contributed by atoms with Gasteiger partial charge in [0.15, 0.2) is 0 Å². The normalized spacial score (nSPS) is 17.9. The van der Waals surface area contributed by atoms with Crippen molar-refractivity contribution in [1.82, 2.24) is 9.80 Å². The number of hydrogen-bond donors (Lipinski definition) is 1. The fraction of sp³-hybridized carbons (Fsp3) is 0.360. The van der Waals surface area contributed by atoms with E-state index >= 15 is 0 Å². The van der Waals surface area contributed by atoms with Gasteiger partial charge in [-0.15, -0.1) is 0 Å². The monoisotopic (exact) mass is 456 g/mol. The third-order valence-electron chi connectivity index (χ3n) is 5.42. The Morgan fingerprint density at radius 1 is 1.16 bits per heavy atom. The molecule has 6 nitrogen and oxygen atoms in total. The molecule has 3 rings (SSSR count). The lowest BCUT2D eigenvalue weighted by molar-refractivity contribution is -0.140. The third kappa shape index (κ3) is 4.97. The van der Waals surface area contributed by atoms with Crippen molar-refractivity contribution in [2.45, 2.75) is 26.3 Å². The van der Waals surface area contributed by atoms with E-state index in [1.54, 1.807) is 42.5 Å². The molecule has 1 aliphatic heterocycles. The Labute approximate surface area is 194 Å². The van der Waals surface area contributed by atoms with Crippen molar-refractivity contribution in [3.8, 4) is 5.75 Å². The molecule has 0 spiro atoms. The second-order valence-corrected chi connectivity index (χ2v) is 8.61. The second kappa shape index (κ2) is 10.2. The minimum atomic E-state index is -0.691. The average Bonchev–Trinajstić information content (AvgIpc) is 3.01. The second-order valence-electron chi connectivity index (χ2n) is 8.18. The zero-order valence-corrected chi connectivity index (χ0v) is 19.6. The van der Waals surface area contributed by atoms with Crippen LogP contribution >= 0.6 is 11.6 Å². The van der Waals surface area contributed by atoms with E-state index in [1.807, 2.05) is 32.8 Å². The number of rotatable bonds is 8. The summed E-state index contributed by atoms with van der Waals surface area (Å²) in [5.41, 5.74) is 2.11. The number of likely N-dealkylation sites (N-methyl/N-ethyl adjacent to an activating group) is 1. The van der Waals surface area contributed by atoms with Crippen LogP contribution in [0.2, 0.25) is 5.02 Å². The molecule has 0 aromatic heterocycles. The Morgan fingerprint density at radius 3 is 2.44 bits per heavy atom. The zero-order valence-electron chi connectivity index (χ0n) is 18.9.